The van der Waals surface area contributed by atoms with E-state index in [1.165, 1.54) is 22.6 Å². The minimum atomic E-state index is -0.752. The number of benzene rings is 3. The van der Waals surface area contributed by atoms with E-state index in [1.807, 2.05) is 61.5 Å². The fraction of sp³-hybridized carbons (Fsp3) is 0.355. The fourth-order valence-electron chi connectivity index (χ4n) is 3.99. The summed E-state index contributed by atoms with van der Waals surface area (Å²) in [6.45, 7) is 8.83. The molecule has 0 fully saturated rings. The number of halogens is 1. The smallest absolute Gasteiger partial charge is 0.261 e. The zero-order valence-electron chi connectivity index (χ0n) is 22.2. The Balaban J connectivity index is 1.85. The van der Waals surface area contributed by atoms with Crippen LogP contribution in [-0.2, 0) is 28.0 Å². The van der Waals surface area contributed by atoms with Crippen LogP contribution in [0.3, 0.4) is 0 Å². The number of nitrogens with one attached hydrogen (secondary N) is 1. The molecule has 196 valence electrons. The van der Waals surface area contributed by atoms with Gasteiger partial charge in [0.2, 0.25) is 5.91 Å². The van der Waals surface area contributed by atoms with Gasteiger partial charge in [0.1, 0.15) is 17.6 Å². The first-order chi connectivity index (χ1) is 17.7. The van der Waals surface area contributed by atoms with Crippen LogP contribution in [-0.4, -0.2) is 35.9 Å². The summed E-state index contributed by atoms with van der Waals surface area (Å²) in [4.78, 5) is 28.4. The van der Waals surface area contributed by atoms with Crippen molar-refractivity contribution >= 4 is 11.8 Å². The Morgan fingerprint density at radius 1 is 0.919 bits per heavy atom. The molecule has 0 aliphatic rings. The molecule has 0 saturated carbocycles. The highest BCUT2D eigenvalue weighted by Gasteiger charge is 2.30. The molecule has 37 heavy (non-hydrogen) atoms. The molecule has 2 amide bonds. The number of hydrogen-bond donors (Lipinski definition) is 1. The van der Waals surface area contributed by atoms with E-state index in [1.54, 1.807) is 12.1 Å². The van der Waals surface area contributed by atoms with Crippen molar-refractivity contribution in [2.45, 2.75) is 58.5 Å². The summed E-state index contributed by atoms with van der Waals surface area (Å²) in [6, 6.07) is 22.5. The highest BCUT2D eigenvalue weighted by Crippen LogP contribution is 2.24. The van der Waals surface area contributed by atoms with Crippen molar-refractivity contribution in [2.75, 3.05) is 13.2 Å². The molecule has 5 nitrogen and oxygen atoms in total. The molecule has 0 aliphatic carbocycles. The molecule has 0 aromatic heterocycles. The van der Waals surface area contributed by atoms with Gasteiger partial charge in [-0.3, -0.25) is 9.59 Å². The number of ether oxygens (including phenoxy) is 1. The minimum absolute atomic E-state index is 0.0107. The Kier molecular flexibility index (Phi) is 9.84. The first kappa shape index (κ1) is 27.9. The Morgan fingerprint density at radius 3 is 2.16 bits per heavy atom. The van der Waals surface area contributed by atoms with E-state index >= 15 is 0 Å². The van der Waals surface area contributed by atoms with Crippen molar-refractivity contribution in [2.24, 2.45) is 0 Å². The molecule has 6 heteroatoms. The average molecular weight is 505 g/mol. The van der Waals surface area contributed by atoms with Gasteiger partial charge in [-0.1, -0.05) is 82.3 Å². The van der Waals surface area contributed by atoms with E-state index in [9.17, 15) is 14.0 Å². The molecule has 3 aromatic rings. The Labute approximate surface area is 219 Å². The molecule has 1 N–H and O–H groups in total. The molecule has 0 heterocycles. The fourth-order valence-corrected chi connectivity index (χ4v) is 3.99. The number of carbonyl (C=O) groups excluding carboxylic acids is 2. The lowest BCUT2D eigenvalue weighted by atomic mass is 9.87. The number of amides is 2. The normalized spacial score (nSPS) is 12.0. The van der Waals surface area contributed by atoms with E-state index < -0.39 is 6.04 Å². The van der Waals surface area contributed by atoms with Crippen LogP contribution in [0.5, 0.6) is 5.75 Å². The Bertz CT molecular complexity index is 1140. The third kappa shape index (κ3) is 8.45. The van der Waals surface area contributed by atoms with Gasteiger partial charge >= 0.3 is 0 Å². The summed E-state index contributed by atoms with van der Waals surface area (Å²) in [5.41, 5.74) is 2.84. The Hall–Kier alpha value is -3.67. The predicted octanol–water partition coefficient (Wildman–Crippen LogP) is 5.67. The molecule has 3 rings (SSSR count). The van der Waals surface area contributed by atoms with Gasteiger partial charge in [-0.25, -0.2) is 4.39 Å². The molecule has 1 atom stereocenters. The number of carbonyl (C=O) groups is 2. The van der Waals surface area contributed by atoms with Gasteiger partial charge in [-0.05, 0) is 52.8 Å². The third-order valence-corrected chi connectivity index (χ3v) is 6.17. The van der Waals surface area contributed by atoms with Crippen molar-refractivity contribution in [3.05, 3.63) is 101 Å². The minimum Gasteiger partial charge on any atom is -0.484 e. The van der Waals surface area contributed by atoms with Crippen molar-refractivity contribution in [3.63, 3.8) is 0 Å². The maximum Gasteiger partial charge on any atom is 0.261 e. The summed E-state index contributed by atoms with van der Waals surface area (Å²) in [5.74, 6) is -0.323. The molecule has 0 unspecified atom stereocenters. The topological polar surface area (TPSA) is 58.6 Å². The van der Waals surface area contributed by atoms with Crippen molar-refractivity contribution in [3.8, 4) is 5.75 Å². The second-order valence-electron chi connectivity index (χ2n) is 10.2. The van der Waals surface area contributed by atoms with Crippen LogP contribution < -0.4 is 10.1 Å². The molecule has 0 spiro atoms. The van der Waals surface area contributed by atoms with Crippen LogP contribution in [0.25, 0.3) is 0 Å². The Morgan fingerprint density at radius 2 is 1.57 bits per heavy atom. The molecular formula is C31H37FN2O3. The highest BCUT2D eigenvalue weighted by molar-refractivity contribution is 5.88. The number of nitrogens with zero attached hydrogens (tertiary/aromatic N) is 1. The lowest BCUT2D eigenvalue weighted by Gasteiger charge is -2.31. The molecule has 3 aromatic carbocycles. The van der Waals surface area contributed by atoms with Crippen molar-refractivity contribution in [1.29, 1.82) is 0 Å². The molecule has 0 bridgehead atoms. The lowest BCUT2D eigenvalue weighted by Crippen LogP contribution is -2.51. The van der Waals surface area contributed by atoms with E-state index in [2.05, 4.69) is 26.1 Å². The van der Waals surface area contributed by atoms with Crippen molar-refractivity contribution in [1.82, 2.24) is 10.2 Å². The third-order valence-electron chi connectivity index (χ3n) is 6.17. The van der Waals surface area contributed by atoms with E-state index in [0.717, 1.165) is 17.5 Å². The average Bonchev–Trinajstić information content (AvgIpc) is 2.89. The summed E-state index contributed by atoms with van der Waals surface area (Å²) < 4.78 is 19.4. The van der Waals surface area contributed by atoms with Gasteiger partial charge in [0.05, 0.1) is 0 Å². The second kappa shape index (κ2) is 13.0. The molecule has 0 aliphatic heterocycles. The summed E-state index contributed by atoms with van der Waals surface area (Å²) in [7, 11) is 0. The maximum atomic E-state index is 13.6. The zero-order valence-corrected chi connectivity index (χ0v) is 22.2. The summed E-state index contributed by atoms with van der Waals surface area (Å²) >= 11 is 0. The van der Waals surface area contributed by atoms with Crippen LogP contribution in [0.4, 0.5) is 4.39 Å². The van der Waals surface area contributed by atoms with Crippen LogP contribution in [0, 0.1) is 5.82 Å². The number of hydrogen-bond acceptors (Lipinski definition) is 3. The second-order valence-corrected chi connectivity index (χ2v) is 10.2. The standard InChI is InChI=1S/C31H37FN2O3/c1-5-19-33-30(36)28(20-23-9-7-6-8-10-23)34(21-24-11-15-26(32)16-12-24)29(35)22-37-27-17-13-25(14-18-27)31(2,3)4/h6-18,28H,5,19-22H2,1-4H3,(H,33,36)/t28-/m1/s1. The van der Waals surface area contributed by atoms with Gasteiger partial charge < -0.3 is 15.0 Å². The van der Waals surface area contributed by atoms with Crippen LogP contribution in [0.1, 0.15) is 50.8 Å². The monoisotopic (exact) mass is 504 g/mol. The van der Waals surface area contributed by atoms with Crippen LogP contribution >= 0.6 is 0 Å². The highest BCUT2D eigenvalue weighted by atomic mass is 19.1. The number of rotatable bonds is 11. The first-order valence-corrected chi connectivity index (χ1v) is 12.8. The van der Waals surface area contributed by atoms with Crippen LogP contribution in [0.2, 0.25) is 0 Å². The van der Waals surface area contributed by atoms with Gasteiger partial charge in [0, 0.05) is 19.5 Å². The van der Waals surface area contributed by atoms with E-state index in [0.29, 0.717) is 18.7 Å². The largest absolute Gasteiger partial charge is 0.484 e. The van der Waals surface area contributed by atoms with E-state index in [4.69, 9.17) is 4.74 Å². The quantitative estimate of drug-likeness (QED) is 0.366. The van der Waals surface area contributed by atoms with Gasteiger partial charge in [0.15, 0.2) is 6.61 Å². The summed E-state index contributed by atoms with van der Waals surface area (Å²) in [6.07, 6.45) is 1.13. The van der Waals surface area contributed by atoms with E-state index in [-0.39, 0.29) is 36.2 Å². The molecule has 0 radical (unpaired) electrons. The lowest BCUT2D eigenvalue weighted by molar-refractivity contribution is -0.142. The predicted molar refractivity (Wildman–Crippen MR) is 145 cm³/mol. The molecular weight excluding hydrogens is 467 g/mol. The zero-order chi connectivity index (χ0) is 26.8. The van der Waals surface area contributed by atoms with Gasteiger partial charge in [-0.15, -0.1) is 0 Å². The first-order valence-electron chi connectivity index (χ1n) is 12.8. The van der Waals surface area contributed by atoms with Crippen LogP contribution in [0.15, 0.2) is 78.9 Å². The van der Waals surface area contributed by atoms with Crippen molar-refractivity contribution < 1.29 is 18.7 Å². The SMILES string of the molecule is CCCNC(=O)[C@@H](Cc1ccccc1)N(Cc1ccc(F)cc1)C(=O)COc1ccc(C(C)(C)C)cc1. The maximum absolute atomic E-state index is 13.6. The van der Waals surface area contributed by atoms with Gasteiger partial charge in [-0.2, -0.15) is 0 Å². The summed E-state index contributed by atoms with van der Waals surface area (Å²) in [5, 5.41) is 2.94. The van der Waals surface area contributed by atoms with Gasteiger partial charge in [0.25, 0.3) is 5.91 Å². The molecule has 0 saturated heterocycles.